The average Bonchev–Trinajstić information content (AvgIpc) is 2.65. The first-order valence-electron chi connectivity index (χ1n) is 5.04. The van der Waals surface area contributed by atoms with Crippen molar-refractivity contribution in [3.05, 3.63) is 0 Å². The first kappa shape index (κ1) is 17.5. The van der Waals surface area contributed by atoms with E-state index in [4.69, 9.17) is 0 Å². The lowest BCUT2D eigenvalue weighted by Gasteiger charge is -2.03. The van der Waals surface area contributed by atoms with Gasteiger partial charge in [0.1, 0.15) is 5.78 Å². The van der Waals surface area contributed by atoms with Crippen LogP contribution in [0.25, 0.3) is 0 Å². The van der Waals surface area contributed by atoms with E-state index in [1.807, 2.05) is 19.0 Å². The van der Waals surface area contributed by atoms with E-state index in [-0.39, 0.29) is 14.9 Å². The molecule has 0 aromatic heterocycles. The van der Waals surface area contributed by atoms with Gasteiger partial charge in [0.25, 0.3) is 0 Å². The summed E-state index contributed by atoms with van der Waals surface area (Å²) in [5.41, 5.74) is 0. The number of likely N-dealkylation sites (tertiary alicyclic amines) is 2. The number of carbonyl (C=O) groups excluding carboxylic acids is 2. The molecular weight excluding hydrogens is 204 g/mol. The maximum Gasteiger partial charge on any atom is 0.222 e. The number of hydrogen-bond donors (Lipinski definition) is 0. The number of carbonyl (C=O) groups is 2. The van der Waals surface area contributed by atoms with E-state index in [1.54, 1.807) is 4.90 Å². The van der Waals surface area contributed by atoms with E-state index in [1.165, 1.54) is 0 Å². The fourth-order valence-corrected chi connectivity index (χ4v) is 1.56. The molecule has 0 saturated carbocycles. The van der Waals surface area contributed by atoms with E-state index in [9.17, 15) is 9.59 Å². The van der Waals surface area contributed by atoms with Crippen LogP contribution in [0.3, 0.4) is 0 Å². The third-order valence-corrected chi connectivity index (χ3v) is 2.53. The molecule has 0 aliphatic carbocycles. The van der Waals surface area contributed by atoms with Crippen molar-refractivity contribution in [2.75, 3.05) is 33.7 Å². The second-order valence-electron chi connectivity index (χ2n) is 3.95. The first-order valence-corrected chi connectivity index (χ1v) is 5.04. The van der Waals surface area contributed by atoms with Crippen molar-refractivity contribution in [1.29, 1.82) is 0 Å². The molecule has 2 aliphatic heterocycles. The molecule has 0 aromatic carbocycles. The molecule has 2 fully saturated rings. The Labute approximate surface area is 99.6 Å². The molecule has 0 atom stereocenters. The molecule has 2 aliphatic rings. The van der Waals surface area contributed by atoms with Crippen molar-refractivity contribution >= 4 is 11.7 Å². The Morgan fingerprint density at radius 3 is 1.75 bits per heavy atom. The van der Waals surface area contributed by atoms with Crippen LogP contribution in [0.5, 0.6) is 0 Å². The monoisotopic (exact) mass is 230 g/mol. The first-order chi connectivity index (χ1) is 6.59. The molecular formula is C12H26N2O2. The van der Waals surface area contributed by atoms with Gasteiger partial charge in [-0.05, 0) is 13.5 Å². The third kappa shape index (κ3) is 5.85. The number of amides is 1. The number of Topliss-reactive ketones (excluding diaryl/α,β-unsaturated/α-hetero) is 1. The molecule has 0 radical (unpaired) electrons. The smallest absolute Gasteiger partial charge is 0.222 e. The maximum atomic E-state index is 10.5. The van der Waals surface area contributed by atoms with Gasteiger partial charge in [0.15, 0.2) is 0 Å². The predicted molar refractivity (Wildman–Crippen MR) is 67.5 cm³/mol. The number of hydrogen-bond acceptors (Lipinski definition) is 3. The lowest BCUT2D eigenvalue weighted by Crippen LogP contribution is -2.17. The Balaban J connectivity index is 0. The Morgan fingerprint density at radius 1 is 1.00 bits per heavy atom. The molecule has 2 heterocycles. The molecule has 2 saturated heterocycles. The highest BCUT2D eigenvalue weighted by Gasteiger charge is 2.14. The molecule has 4 heteroatoms. The molecule has 1 amide bonds. The SMILES string of the molecule is C.C.CN1CCC(=O)C1.CN1CCCC1=O. The fourth-order valence-electron chi connectivity index (χ4n) is 1.56. The van der Waals surface area contributed by atoms with E-state index < -0.39 is 0 Å². The highest BCUT2D eigenvalue weighted by Crippen LogP contribution is 2.04. The fraction of sp³-hybridized carbons (Fsp3) is 0.833. The normalized spacial score (nSPS) is 19.8. The third-order valence-electron chi connectivity index (χ3n) is 2.53. The standard InChI is InChI=1S/2C5H9NO.2CH4/c1-6-3-2-5(7)4-6;1-6-4-2-3-5(6)7;;/h2*2-4H2,1H3;2*1H4. The summed E-state index contributed by atoms with van der Waals surface area (Å²) in [6, 6.07) is 0. The molecule has 16 heavy (non-hydrogen) atoms. The van der Waals surface area contributed by atoms with Gasteiger partial charge in [0, 0.05) is 33.0 Å². The van der Waals surface area contributed by atoms with Gasteiger partial charge in [-0.1, -0.05) is 14.9 Å². The molecule has 0 unspecified atom stereocenters. The summed E-state index contributed by atoms with van der Waals surface area (Å²) in [6.45, 7) is 2.58. The van der Waals surface area contributed by atoms with E-state index >= 15 is 0 Å². The van der Waals surface area contributed by atoms with Crippen LogP contribution in [0.1, 0.15) is 34.1 Å². The van der Waals surface area contributed by atoms with Crippen LogP contribution in [0.15, 0.2) is 0 Å². The van der Waals surface area contributed by atoms with Crippen molar-refractivity contribution in [3.63, 3.8) is 0 Å². The minimum absolute atomic E-state index is 0. The van der Waals surface area contributed by atoms with Crippen LogP contribution >= 0.6 is 0 Å². The molecule has 4 nitrogen and oxygen atoms in total. The van der Waals surface area contributed by atoms with Gasteiger partial charge in [-0.2, -0.15) is 0 Å². The summed E-state index contributed by atoms with van der Waals surface area (Å²) in [7, 11) is 3.81. The Morgan fingerprint density at radius 2 is 1.62 bits per heavy atom. The summed E-state index contributed by atoms with van der Waals surface area (Å²) in [5, 5.41) is 0. The van der Waals surface area contributed by atoms with Gasteiger partial charge in [-0.15, -0.1) is 0 Å². The van der Waals surface area contributed by atoms with Gasteiger partial charge >= 0.3 is 0 Å². The molecule has 0 spiro atoms. The molecule has 0 bridgehead atoms. The summed E-state index contributed by atoms with van der Waals surface area (Å²) in [4.78, 5) is 24.7. The summed E-state index contributed by atoms with van der Waals surface area (Å²) >= 11 is 0. The summed E-state index contributed by atoms with van der Waals surface area (Å²) < 4.78 is 0. The van der Waals surface area contributed by atoms with Crippen molar-refractivity contribution < 1.29 is 9.59 Å². The van der Waals surface area contributed by atoms with Gasteiger partial charge in [0.2, 0.25) is 5.91 Å². The zero-order chi connectivity index (χ0) is 10.6. The largest absolute Gasteiger partial charge is 0.346 e. The van der Waals surface area contributed by atoms with Crippen molar-refractivity contribution in [3.8, 4) is 0 Å². The maximum absolute atomic E-state index is 10.5. The van der Waals surface area contributed by atoms with Gasteiger partial charge in [-0.25, -0.2) is 0 Å². The van der Waals surface area contributed by atoms with Crippen molar-refractivity contribution in [2.24, 2.45) is 0 Å². The Kier molecular flexibility index (Phi) is 9.05. The van der Waals surface area contributed by atoms with Crippen LogP contribution in [0.2, 0.25) is 0 Å². The van der Waals surface area contributed by atoms with Gasteiger partial charge in [-0.3, -0.25) is 14.5 Å². The lowest BCUT2D eigenvalue weighted by atomic mass is 10.4. The second kappa shape index (κ2) is 8.28. The topological polar surface area (TPSA) is 40.6 Å². The highest BCUT2D eigenvalue weighted by atomic mass is 16.2. The van der Waals surface area contributed by atoms with Crippen LogP contribution in [0.4, 0.5) is 0 Å². The minimum Gasteiger partial charge on any atom is -0.346 e. The molecule has 0 N–H and O–H groups in total. The van der Waals surface area contributed by atoms with Crippen molar-refractivity contribution in [2.45, 2.75) is 34.1 Å². The lowest BCUT2D eigenvalue weighted by molar-refractivity contribution is -0.126. The average molecular weight is 230 g/mol. The highest BCUT2D eigenvalue weighted by molar-refractivity contribution is 5.82. The predicted octanol–water partition coefficient (Wildman–Crippen LogP) is 1.40. The zero-order valence-corrected chi connectivity index (χ0v) is 8.95. The number of ketones is 1. The summed E-state index contributed by atoms with van der Waals surface area (Å²) in [5.74, 6) is 0.669. The van der Waals surface area contributed by atoms with Crippen molar-refractivity contribution in [1.82, 2.24) is 9.80 Å². The quantitative estimate of drug-likeness (QED) is 0.631. The zero-order valence-electron chi connectivity index (χ0n) is 8.95. The van der Waals surface area contributed by atoms with Gasteiger partial charge < -0.3 is 4.90 Å². The van der Waals surface area contributed by atoms with E-state index in [0.717, 1.165) is 32.4 Å². The summed E-state index contributed by atoms with van der Waals surface area (Å²) in [6.07, 6.45) is 2.57. The van der Waals surface area contributed by atoms with Crippen LogP contribution < -0.4 is 0 Å². The molecule has 2 rings (SSSR count). The Hall–Kier alpha value is -0.900. The van der Waals surface area contributed by atoms with Crippen LogP contribution in [-0.4, -0.2) is 55.2 Å². The number of nitrogens with zero attached hydrogens (tertiary/aromatic N) is 2. The van der Waals surface area contributed by atoms with E-state index in [2.05, 4.69) is 0 Å². The van der Waals surface area contributed by atoms with E-state index in [0.29, 0.717) is 18.2 Å². The second-order valence-corrected chi connectivity index (χ2v) is 3.95. The van der Waals surface area contributed by atoms with Gasteiger partial charge in [0.05, 0.1) is 6.54 Å². The minimum atomic E-state index is 0. The molecule has 96 valence electrons. The number of likely N-dealkylation sites (N-methyl/N-ethyl adjacent to an activating group) is 1. The molecule has 0 aromatic rings. The van der Waals surface area contributed by atoms with Crippen LogP contribution in [0, 0.1) is 0 Å². The van der Waals surface area contributed by atoms with Crippen LogP contribution in [-0.2, 0) is 9.59 Å². The number of rotatable bonds is 0. The Bertz CT molecular complexity index is 229.